The lowest BCUT2D eigenvalue weighted by Gasteiger charge is -2.33. The van der Waals surface area contributed by atoms with Crippen LogP contribution < -0.4 is 5.32 Å². The standard InChI is InChI=1S/C12H25NO3/c1-9(12(15-3)16-4)13-10-6-5-7-11(8-10)14-2/h9-13H,5-8H2,1-4H3. The van der Waals surface area contributed by atoms with Crippen molar-refractivity contribution in [2.45, 2.75) is 57.1 Å². The third kappa shape index (κ3) is 4.01. The molecule has 1 N–H and O–H groups in total. The van der Waals surface area contributed by atoms with Gasteiger partial charge in [0.1, 0.15) is 0 Å². The summed E-state index contributed by atoms with van der Waals surface area (Å²) in [4.78, 5) is 0. The molecule has 0 amide bonds. The monoisotopic (exact) mass is 231 g/mol. The van der Waals surface area contributed by atoms with Gasteiger partial charge in [0.05, 0.1) is 12.1 Å². The summed E-state index contributed by atoms with van der Waals surface area (Å²) >= 11 is 0. The van der Waals surface area contributed by atoms with E-state index >= 15 is 0 Å². The molecule has 0 radical (unpaired) electrons. The Bertz CT molecular complexity index is 185. The zero-order chi connectivity index (χ0) is 12.0. The van der Waals surface area contributed by atoms with Crippen molar-refractivity contribution < 1.29 is 14.2 Å². The predicted molar refractivity (Wildman–Crippen MR) is 63.5 cm³/mol. The lowest BCUT2D eigenvalue weighted by molar-refractivity contribution is -0.122. The first-order chi connectivity index (χ1) is 7.71. The quantitative estimate of drug-likeness (QED) is 0.704. The normalized spacial score (nSPS) is 28.3. The van der Waals surface area contributed by atoms with Crippen LogP contribution in [0.25, 0.3) is 0 Å². The summed E-state index contributed by atoms with van der Waals surface area (Å²) in [6, 6.07) is 0.720. The van der Waals surface area contributed by atoms with Crippen molar-refractivity contribution >= 4 is 0 Å². The molecule has 16 heavy (non-hydrogen) atoms. The van der Waals surface area contributed by atoms with Gasteiger partial charge in [0.25, 0.3) is 0 Å². The molecule has 4 heteroatoms. The van der Waals surface area contributed by atoms with Gasteiger partial charge in [0.15, 0.2) is 6.29 Å². The summed E-state index contributed by atoms with van der Waals surface area (Å²) in [5.41, 5.74) is 0. The van der Waals surface area contributed by atoms with Crippen LogP contribution in [0.1, 0.15) is 32.6 Å². The van der Waals surface area contributed by atoms with E-state index in [1.54, 1.807) is 21.3 Å². The van der Waals surface area contributed by atoms with Crippen molar-refractivity contribution in [2.75, 3.05) is 21.3 Å². The summed E-state index contributed by atoms with van der Waals surface area (Å²) in [6.07, 6.45) is 4.94. The summed E-state index contributed by atoms with van der Waals surface area (Å²) in [7, 11) is 5.14. The number of hydrogen-bond donors (Lipinski definition) is 1. The fourth-order valence-electron chi connectivity index (χ4n) is 2.47. The van der Waals surface area contributed by atoms with Gasteiger partial charge >= 0.3 is 0 Å². The molecule has 0 aliphatic heterocycles. The van der Waals surface area contributed by atoms with Gasteiger partial charge in [-0.05, 0) is 32.6 Å². The molecule has 3 atom stereocenters. The first-order valence-electron chi connectivity index (χ1n) is 6.05. The molecule has 0 spiro atoms. The molecular weight excluding hydrogens is 206 g/mol. The summed E-state index contributed by atoms with van der Waals surface area (Å²) in [5, 5.41) is 3.56. The highest BCUT2D eigenvalue weighted by atomic mass is 16.7. The number of hydrogen-bond acceptors (Lipinski definition) is 4. The molecule has 1 rings (SSSR count). The minimum absolute atomic E-state index is 0.178. The first-order valence-corrected chi connectivity index (χ1v) is 6.05. The zero-order valence-electron chi connectivity index (χ0n) is 10.9. The van der Waals surface area contributed by atoms with E-state index in [0.717, 1.165) is 6.42 Å². The highest BCUT2D eigenvalue weighted by Gasteiger charge is 2.25. The molecule has 1 aliphatic carbocycles. The fourth-order valence-corrected chi connectivity index (χ4v) is 2.47. The Kier molecular flexibility index (Phi) is 6.28. The van der Waals surface area contributed by atoms with E-state index < -0.39 is 0 Å². The van der Waals surface area contributed by atoms with E-state index in [4.69, 9.17) is 14.2 Å². The van der Waals surface area contributed by atoms with Crippen molar-refractivity contribution in [2.24, 2.45) is 0 Å². The number of ether oxygens (including phenoxy) is 3. The molecule has 0 bridgehead atoms. The SMILES string of the molecule is COC1CCCC(NC(C)C(OC)OC)C1. The number of nitrogens with one attached hydrogen (secondary N) is 1. The Morgan fingerprint density at radius 2 is 1.81 bits per heavy atom. The van der Waals surface area contributed by atoms with Gasteiger partial charge in [-0.3, -0.25) is 0 Å². The maximum Gasteiger partial charge on any atom is 0.171 e. The maximum absolute atomic E-state index is 5.41. The zero-order valence-corrected chi connectivity index (χ0v) is 10.9. The van der Waals surface area contributed by atoms with Crippen molar-refractivity contribution in [1.29, 1.82) is 0 Å². The van der Waals surface area contributed by atoms with Crippen molar-refractivity contribution in [1.82, 2.24) is 5.32 Å². The Morgan fingerprint density at radius 3 is 2.38 bits per heavy atom. The fraction of sp³-hybridized carbons (Fsp3) is 1.00. The Balaban J connectivity index is 2.34. The molecule has 96 valence electrons. The van der Waals surface area contributed by atoms with Crippen LogP contribution in [0.15, 0.2) is 0 Å². The van der Waals surface area contributed by atoms with Crippen LogP contribution in [0.5, 0.6) is 0 Å². The van der Waals surface area contributed by atoms with Gasteiger partial charge in [-0.25, -0.2) is 0 Å². The molecule has 1 aliphatic rings. The molecule has 3 unspecified atom stereocenters. The smallest absolute Gasteiger partial charge is 0.171 e. The maximum atomic E-state index is 5.41. The summed E-state index contributed by atoms with van der Waals surface area (Å²) < 4.78 is 15.9. The van der Waals surface area contributed by atoms with Crippen LogP contribution in [-0.2, 0) is 14.2 Å². The summed E-state index contributed by atoms with van der Waals surface area (Å²) in [5.74, 6) is 0. The summed E-state index contributed by atoms with van der Waals surface area (Å²) in [6.45, 7) is 2.09. The Labute approximate surface area is 98.6 Å². The average Bonchev–Trinajstić information content (AvgIpc) is 2.31. The van der Waals surface area contributed by atoms with Crippen LogP contribution in [0.3, 0.4) is 0 Å². The van der Waals surface area contributed by atoms with Crippen LogP contribution in [0.4, 0.5) is 0 Å². The van der Waals surface area contributed by atoms with Gasteiger partial charge in [0.2, 0.25) is 0 Å². The minimum Gasteiger partial charge on any atom is -0.381 e. The van der Waals surface area contributed by atoms with Crippen LogP contribution in [0.2, 0.25) is 0 Å². The second-order valence-corrected chi connectivity index (χ2v) is 4.52. The second-order valence-electron chi connectivity index (χ2n) is 4.52. The van der Waals surface area contributed by atoms with Crippen molar-refractivity contribution in [3.05, 3.63) is 0 Å². The Morgan fingerprint density at radius 1 is 1.12 bits per heavy atom. The average molecular weight is 231 g/mol. The molecule has 0 heterocycles. The van der Waals surface area contributed by atoms with E-state index in [-0.39, 0.29) is 12.3 Å². The topological polar surface area (TPSA) is 39.7 Å². The Hall–Kier alpha value is -0.160. The van der Waals surface area contributed by atoms with Gasteiger partial charge < -0.3 is 19.5 Å². The lowest BCUT2D eigenvalue weighted by atomic mass is 9.92. The van der Waals surface area contributed by atoms with Gasteiger partial charge in [-0.1, -0.05) is 0 Å². The van der Waals surface area contributed by atoms with Crippen LogP contribution in [0, 0.1) is 0 Å². The molecule has 0 aromatic carbocycles. The molecule has 0 aromatic heterocycles. The molecule has 0 aromatic rings. The van der Waals surface area contributed by atoms with E-state index in [2.05, 4.69) is 12.2 Å². The van der Waals surface area contributed by atoms with E-state index in [1.807, 2.05) is 0 Å². The molecule has 4 nitrogen and oxygen atoms in total. The third-order valence-electron chi connectivity index (χ3n) is 3.33. The predicted octanol–water partition coefficient (Wildman–Crippen LogP) is 1.54. The van der Waals surface area contributed by atoms with E-state index in [9.17, 15) is 0 Å². The van der Waals surface area contributed by atoms with Crippen molar-refractivity contribution in [3.63, 3.8) is 0 Å². The molecular formula is C12H25NO3. The highest BCUT2D eigenvalue weighted by Crippen LogP contribution is 2.21. The van der Waals surface area contributed by atoms with Crippen LogP contribution >= 0.6 is 0 Å². The third-order valence-corrected chi connectivity index (χ3v) is 3.33. The largest absolute Gasteiger partial charge is 0.381 e. The lowest BCUT2D eigenvalue weighted by Crippen LogP contribution is -2.47. The van der Waals surface area contributed by atoms with Crippen LogP contribution in [-0.4, -0.2) is 45.8 Å². The molecule has 0 saturated heterocycles. The van der Waals surface area contributed by atoms with E-state index in [1.165, 1.54) is 19.3 Å². The number of methoxy groups -OCH3 is 3. The van der Waals surface area contributed by atoms with Gasteiger partial charge in [0, 0.05) is 27.4 Å². The van der Waals surface area contributed by atoms with Gasteiger partial charge in [-0.2, -0.15) is 0 Å². The van der Waals surface area contributed by atoms with E-state index in [0.29, 0.717) is 12.1 Å². The second kappa shape index (κ2) is 7.22. The molecule has 1 saturated carbocycles. The number of rotatable bonds is 6. The van der Waals surface area contributed by atoms with Gasteiger partial charge in [-0.15, -0.1) is 0 Å². The highest BCUT2D eigenvalue weighted by molar-refractivity contribution is 4.81. The molecule has 1 fully saturated rings. The van der Waals surface area contributed by atoms with Crippen molar-refractivity contribution in [3.8, 4) is 0 Å². The first kappa shape index (κ1) is 13.9. The minimum atomic E-state index is -0.178.